The average Bonchev–Trinajstić information content (AvgIpc) is 0.899. The molecule has 0 aliphatic heterocycles. The van der Waals surface area contributed by atoms with Crippen LogP contribution in [0.5, 0.6) is 0 Å². The number of aliphatic hydroxyl groups is 2. The SMILES string of the molecule is CC/C=C\C/C=C\C/C=C\C/C=C\C/C=C\CCCCCCCCCCCCCCCCCCCCCC(=O)OCC(O)COP(=O)(O)OCC(O)COP(=O)(O)OCC(COC(=O)CCCCCCCCC/C=C\C/C=C\C/C=C\C/C=C\CCCCC)OC(=O)CCCCCCCC/C=C\C/C=C\C/C=C\C/C=C\CC. The van der Waals surface area contributed by atoms with E-state index in [1.54, 1.807) is 0 Å². The number of hydrogen-bond donors (Lipinski definition) is 4. The summed E-state index contributed by atoms with van der Waals surface area (Å²) in [5, 5.41) is 20.7. The van der Waals surface area contributed by atoms with Gasteiger partial charge in [-0.05, 0) is 148 Å². The molecule has 113 heavy (non-hydrogen) atoms. The maximum atomic E-state index is 13.0. The van der Waals surface area contributed by atoms with Gasteiger partial charge in [0.05, 0.1) is 26.4 Å². The fraction of sp³-hybridized carbons (Fsp3) is 0.695. The predicted molar refractivity (Wildman–Crippen MR) is 472 cm³/mol. The Kier molecular flexibility index (Phi) is 82.8. The van der Waals surface area contributed by atoms with Crippen LogP contribution in [0, 0.1) is 0 Å². The fourth-order valence-electron chi connectivity index (χ4n) is 12.0. The number of aliphatic hydroxyl groups excluding tert-OH is 2. The zero-order valence-electron chi connectivity index (χ0n) is 71.3. The minimum absolute atomic E-state index is 0.0822. The number of allylic oxidation sites excluding steroid dienone is 26. The van der Waals surface area contributed by atoms with Gasteiger partial charge in [0.15, 0.2) is 6.10 Å². The van der Waals surface area contributed by atoms with Crippen molar-refractivity contribution in [2.24, 2.45) is 0 Å². The number of hydrogen-bond acceptors (Lipinski definition) is 14. The van der Waals surface area contributed by atoms with Crippen LogP contribution in [-0.2, 0) is 55.8 Å². The number of esters is 3. The van der Waals surface area contributed by atoms with Gasteiger partial charge < -0.3 is 34.2 Å². The molecule has 0 aromatic carbocycles. The van der Waals surface area contributed by atoms with Crippen molar-refractivity contribution in [3.8, 4) is 0 Å². The van der Waals surface area contributed by atoms with Crippen molar-refractivity contribution in [1.82, 2.24) is 0 Å². The van der Waals surface area contributed by atoms with E-state index in [0.717, 1.165) is 180 Å². The molecule has 0 aliphatic rings. The van der Waals surface area contributed by atoms with Gasteiger partial charge in [-0.15, -0.1) is 0 Å². The van der Waals surface area contributed by atoms with Crippen LogP contribution < -0.4 is 0 Å². The third kappa shape index (κ3) is 87.8. The van der Waals surface area contributed by atoms with Gasteiger partial charge in [-0.25, -0.2) is 9.13 Å². The van der Waals surface area contributed by atoms with Crippen LogP contribution in [0.25, 0.3) is 0 Å². The molecule has 4 N–H and O–H groups in total. The maximum absolute atomic E-state index is 13.0. The molecule has 0 saturated heterocycles. The molecule has 0 radical (unpaired) electrons. The first-order valence-corrected chi connectivity index (χ1v) is 47.8. The highest BCUT2D eigenvalue weighted by atomic mass is 31.2. The Labute approximate surface area is 689 Å². The van der Waals surface area contributed by atoms with Crippen LogP contribution in [0.15, 0.2) is 158 Å². The zero-order chi connectivity index (χ0) is 82.2. The van der Waals surface area contributed by atoms with Gasteiger partial charge in [-0.1, -0.05) is 359 Å². The lowest BCUT2D eigenvalue weighted by Gasteiger charge is -2.21. The second-order valence-corrected chi connectivity index (χ2v) is 32.5. The number of ether oxygens (including phenoxy) is 3. The Morgan fingerprint density at radius 3 is 0.743 bits per heavy atom. The van der Waals surface area contributed by atoms with Crippen molar-refractivity contribution in [3.63, 3.8) is 0 Å². The Balaban J connectivity index is 4.50. The van der Waals surface area contributed by atoms with E-state index in [1.807, 2.05) is 0 Å². The van der Waals surface area contributed by atoms with Crippen LogP contribution in [0.3, 0.4) is 0 Å². The Hall–Kier alpha value is -4.83. The highest BCUT2D eigenvalue weighted by Crippen LogP contribution is 2.45. The summed E-state index contributed by atoms with van der Waals surface area (Å²) in [4.78, 5) is 58.9. The molecule has 0 bridgehead atoms. The van der Waals surface area contributed by atoms with E-state index in [0.29, 0.717) is 19.3 Å². The highest BCUT2D eigenvalue weighted by molar-refractivity contribution is 7.47. The van der Waals surface area contributed by atoms with E-state index in [-0.39, 0.29) is 19.3 Å². The van der Waals surface area contributed by atoms with Gasteiger partial charge in [0.2, 0.25) is 0 Å². The quantitative estimate of drug-likeness (QED) is 0.0146. The van der Waals surface area contributed by atoms with Gasteiger partial charge in [-0.2, -0.15) is 0 Å². The van der Waals surface area contributed by atoms with Crippen molar-refractivity contribution in [2.45, 2.75) is 386 Å². The third-order valence-corrected chi connectivity index (χ3v) is 20.6. The van der Waals surface area contributed by atoms with Crippen LogP contribution in [0.2, 0.25) is 0 Å². The van der Waals surface area contributed by atoms with E-state index < -0.39 is 91.5 Å². The molecular weight excluding hydrogens is 1460 g/mol. The number of unbranched alkanes of at least 4 members (excludes halogenated alkanes) is 35. The molecule has 0 fully saturated rings. The first kappa shape index (κ1) is 108. The minimum Gasteiger partial charge on any atom is -0.463 e. The monoisotopic (exact) mass is 1620 g/mol. The van der Waals surface area contributed by atoms with Crippen molar-refractivity contribution >= 4 is 33.6 Å². The van der Waals surface area contributed by atoms with Crippen molar-refractivity contribution in [2.75, 3.05) is 39.6 Å². The summed E-state index contributed by atoms with van der Waals surface area (Å²) in [6.07, 6.45) is 110. The second-order valence-electron chi connectivity index (χ2n) is 29.6. The maximum Gasteiger partial charge on any atom is 0.472 e. The van der Waals surface area contributed by atoms with Gasteiger partial charge in [0, 0.05) is 19.3 Å². The normalized spacial score (nSPS) is 14.6. The first-order valence-electron chi connectivity index (χ1n) is 44.8. The minimum atomic E-state index is -4.95. The lowest BCUT2D eigenvalue weighted by atomic mass is 10.0. The van der Waals surface area contributed by atoms with Crippen molar-refractivity contribution < 1.29 is 75.8 Å². The van der Waals surface area contributed by atoms with Crippen LogP contribution in [-0.4, -0.2) is 95.9 Å². The van der Waals surface area contributed by atoms with E-state index in [2.05, 4.69) is 179 Å². The summed E-state index contributed by atoms with van der Waals surface area (Å²) in [6, 6.07) is 0. The molecule has 5 unspecified atom stereocenters. The molecule has 0 amide bonds. The van der Waals surface area contributed by atoms with Crippen LogP contribution in [0.4, 0.5) is 0 Å². The summed E-state index contributed by atoms with van der Waals surface area (Å²) in [5.41, 5.74) is 0. The zero-order valence-corrected chi connectivity index (χ0v) is 73.0. The molecule has 0 aromatic rings. The summed E-state index contributed by atoms with van der Waals surface area (Å²) in [7, 11) is -9.81. The number of phosphoric acid groups is 2. The number of carbonyl (C=O) groups is 3. The molecule has 648 valence electrons. The molecule has 5 atom stereocenters. The number of phosphoric ester groups is 2. The van der Waals surface area contributed by atoms with Crippen LogP contribution >= 0.6 is 15.6 Å². The topological polar surface area (TPSA) is 231 Å². The largest absolute Gasteiger partial charge is 0.472 e. The highest BCUT2D eigenvalue weighted by Gasteiger charge is 2.29. The number of carbonyl (C=O) groups excluding carboxylic acids is 3. The fourth-order valence-corrected chi connectivity index (χ4v) is 13.6. The molecule has 0 rings (SSSR count). The Morgan fingerprint density at radius 1 is 0.257 bits per heavy atom. The van der Waals surface area contributed by atoms with Gasteiger partial charge >= 0.3 is 33.6 Å². The standard InChI is InChI=1S/C95H162O16P2/c1-4-7-10-13-16-19-22-25-28-31-34-36-38-39-40-41-42-43-44-45-46-47-48-49-51-53-55-57-60-63-66-69-72-75-78-81-93(98)105-84-90(96)85-107-112(101,102)108-86-91(97)87-109-113(103,104)110-89-92(111-95(100)83-80-77-74-71-68-65-62-59-54-33-30-27-24-21-18-15-12-9-6-3)88-106-94(99)82-79-76-73-70-67-64-61-58-56-52-50-37-35-32-29-26-23-20-17-14-11-8-5-2/h7,9-10,12,16-21,25-30,34-37,39-40,52,54,56,59,90-92,96-97H,4-6,8,11,13-15,22-24,31-33,38,41-51,53,55,57-58,60-89H2,1-3H3,(H,101,102)(H,103,104)/b10-7-,12-9-,19-16-,20-17-,21-18-,28-25-,29-26-,30-27-,36-34-,37-35-,40-39-,56-52-,59-54-. The lowest BCUT2D eigenvalue weighted by molar-refractivity contribution is -0.161. The first-order chi connectivity index (χ1) is 55.2. The van der Waals surface area contributed by atoms with E-state index in [9.17, 15) is 43.5 Å². The van der Waals surface area contributed by atoms with Gasteiger partial charge in [0.1, 0.15) is 25.4 Å². The Morgan fingerprint density at radius 2 is 0.469 bits per heavy atom. The molecule has 16 nitrogen and oxygen atoms in total. The Bertz CT molecular complexity index is 2680. The molecule has 0 saturated carbocycles. The van der Waals surface area contributed by atoms with E-state index in [1.165, 1.54) is 128 Å². The molecular formula is C95H162O16P2. The van der Waals surface area contributed by atoms with Crippen LogP contribution in [0.1, 0.15) is 367 Å². The summed E-state index contributed by atoms with van der Waals surface area (Å²) in [6.45, 7) is 2.43. The summed E-state index contributed by atoms with van der Waals surface area (Å²) >= 11 is 0. The summed E-state index contributed by atoms with van der Waals surface area (Å²) < 4.78 is 61.4. The average molecular weight is 1620 g/mol. The van der Waals surface area contributed by atoms with Crippen molar-refractivity contribution in [1.29, 1.82) is 0 Å². The molecule has 0 aromatic heterocycles. The van der Waals surface area contributed by atoms with Gasteiger partial charge in [0.25, 0.3) is 0 Å². The van der Waals surface area contributed by atoms with E-state index in [4.69, 9.17) is 32.3 Å². The molecule has 18 heteroatoms. The molecule has 0 aliphatic carbocycles. The second kappa shape index (κ2) is 86.5. The predicted octanol–water partition coefficient (Wildman–Crippen LogP) is 27.3. The smallest absolute Gasteiger partial charge is 0.463 e. The van der Waals surface area contributed by atoms with Crippen molar-refractivity contribution in [3.05, 3.63) is 158 Å². The molecule has 0 heterocycles. The molecule has 0 spiro atoms. The van der Waals surface area contributed by atoms with Gasteiger partial charge in [-0.3, -0.25) is 32.5 Å². The lowest BCUT2D eigenvalue weighted by Crippen LogP contribution is -2.30. The third-order valence-electron chi connectivity index (χ3n) is 18.7. The number of rotatable bonds is 84. The summed E-state index contributed by atoms with van der Waals surface area (Å²) in [5.74, 6) is -1.60. The van der Waals surface area contributed by atoms with E-state index >= 15 is 0 Å².